The van der Waals surface area contributed by atoms with Crippen LogP contribution in [0.15, 0.2) is 12.4 Å². The highest BCUT2D eigenvalue weighted by Crippen LogP contribution is 2.35. The van der Waals surface area contributed by atoms with Gasteiger partial charge < -0.3 is 15.2 Å². The number of carboxylic acid groups (broad SMARTS) is 1. The van der Waals surface area contributed by atoms with Gasteiger partial charge in [-0.3, -0.25) is 9.78 Å². The number of hydrogen-bond acceptors (Lipinski definition) is 6. The Morgan fingerprint density at radius 3 is 2.70 bits per heavy atom. The van der Waals surface area contributed by atoms with Crippen molar-refractivity contribution in [2.75, 3.05) is 12.4 Å². The van der Waals surface area contributed by atoms with E-state index in [1.165, 1.54) is 19.5 Å². The van der Waals surface area contributed by atoms with E-state index in [2.05, 4.69) is 20.0 Å². The second kappa shape index (κ2) is 5.85. The fraction of sp³-hybridized carbons (Fsp3) is 0.538. The summed E-state index contributed by atoms with van der Waals surface area (Å²) in [7, 11) is 1.27. The first kappa shape index (κ1) is 14.2. The van der Waals surface area contributed by atoms with E-state index in [0.29, 0.717) is 5.82 Å². The number of aliphatic carboxylic acids is 1. The van der Waals surface area contributed by atoms with Gasteiger partial charge in [-0.25, -0.2) is 9.78 Å². The van der Waals surface area contributed by atoms with Crippen LogP contribution in [0, 0.1) is 0 Å². The maximum atomic E-state index is 11.4. The third kappa shape index (κ3) is 3.23. The van der Waals surface area contributed by atoms with Crippen LogP contribution < -0.4 is 5.32 Å². The molecule has 0 unspecified atom stereocenters. The number of methoxy groups -OCH3 is 1. The van der Waals surface area contributed by atoms with Crippen LogP contribution in [0.25, 0.3) is 0 Å². The van der Waals surface area contributed by atoms with Gasteiger partial charge in [0.15, 0.2) is 5.69 Å². The highest BCUT2D eigenvalue weighted by molar-refractivity contribution is 5.87. The van der Waals surface area contributed by atoms with Crippen LogP contribution in [0.3, 0.4) is 0 Å². The molecule has 1 fully saturated rings. The molecule has 2 N–H and O–H groups in total. The lowest BCUT2D eigenvalue weighted by molar-refractivity contribution is -0.138. The van der Waals surface area contributed by atoms with Gasteiger partial charge in [-0.15, -0.1) is 0 Å². The number of ether oxygens (including phenoxy) is 1. The Morgan fingerprint density at radius 2 is 2.10 bits per heavy atom. The number of aromatic nitrogens is 2. The Kier molecular flexibility index (Phi) is 4.16. The molecule has 7 nitrogen and oxygen atoms in total. The molecule has 108 valence electrons. The van der Waals surface area contributed by atoms with E-state index < -0.39 is 17.5 Å². The van der Waals surface area contributed by atoms with Gasteiger partial charge in [0, 0.05) is 5.54 Å². The van der Waals surface area contributed by atoms with Crippen LogP contribution in [-0.2, 0) is 9.53 Å². The zero-order valence-corrected chi connectivity index (χ0v) is 11.3. The summed E-state index contributed by atoms with van der Waals surface area (Å²) in [5, 5.41) is 12.2. The van der Waals surface area contributed by atoms with E-state index in [9.17, 15) is 9.59 Å². The number of carboxylic acids is 1. The summed E-state index contributed by atoms with van der Waals surface area (Å²) in [5.41, 5.74) is -0.407. The normalized spacial score (nSPS) is 16.6. The number of rotatable bonds is 5. The molecule has 1 aliphatic carbocycles. The van der Waals surface area contributed by atoms with E-state index in [0.717, 1.165) is 25.7 Å². The molecule has 0 atom stereocenters. The van der Waals surface area contributed by atoms with Gasteiger partial charge in [0.05, 0.1) is 25.9 Å². The fourth-order valence-corrected chi connectivity index (χ4v) is 2.59. The molecular formula is C13H17N3O4. The van der Waals surface area contributed by atoms with Crippen LogP contribution in [0.1, 0.15) is 42.6 Å². The predicted molar refractivity (Wildman–Crippen MR) is 70.4 cm³/mol. The van der Waals surface area contributed by atoms with Crippen LogP contribution in [-0.4, -0.2) is 39.7 Å². The van der Waals surface area contributed by atoms with E-state index >= 15 is 0 Å². The van der Waals surface area contributed by atoms with Crippen molar-refractivity contribution >= 4 is 17.8 Å². The second-order valence-corrected chi connectivity index (χ2v) is 4.96. The number of nitrogens with one attached hydrogen (secondary N) is 1. The first-order valence-electron chi connectivity index (χ1n) is 6.45. The van der Waals surface area contributed by atoms with E-state index in [4.69, 9.17) is 5.11 Å². The molecule has 20 heavy (non-hydrogen) atoms. The number of carbonyl (C=O) groups excluding carboxylic acids is 1. The molecule has 1 saturated carbocycles. The largest absolute Gasteiger partial charge is 0.481 e. The minimum absolute atomic E-state index is 0.0249. The van der Waals surface area contributed by atoms with Crippen molar-refractivity contribution < 1.29 is 19.4 Å². The average Bonchev–Trinajstić information content (AvgIpc) is 2.85. The molecule has 1 aliphatic rings. The third-order valence-electron chi connectivity index (χ3n) is 3.47. The Hall–Kier alpha value is -2.18. The summed E-state index contributed by atoms with van der Waals surface area (Å²) in [6, 6.07) is 0. The van der Waals surface area contributed by atoms with Gasteiger partial charge in [-0.05, 0) is 12.8 Å². The quantitative estimate of drug-likeness (QED) is 0.787. The first-order valence-corrected chi connectivity index (χ1v) is 6.45. The van der Waals surface area contributed by atoms with Crippen LogP contribution >= 0.6 is 0 Å². The van der Waals surface area contributed by atoms with Crippen molar-refractivity contribution in [1.82, 2.24) is 9.97 Å². The predicted octanol–water partition coefficient (Wildman–Crippen LogP) is 1.46. The molecule has 0 bridgehead atoms. The SMILES string of the molecule is COC(=O)c1cncc(NC2(CC(=O)O)CCCC2)n1. The zero-order chi connectivity index (χ0) is 14.6. The molecule has 2 rings (SSSR count). The van der Waals surface area contributed by atoms with Gasteiger partial charge >= 0.3 is 11.9 Å². The van der Waals surface area contributed by atoms with Gasteiger partial charge in [-0.1, -0.05) is 12.8 Å². The molecule has 0 radical (unpaired) electrons. The van der Waals surface area contributed by atoms with Crippen molar-refractivity contribution in [1.29, 1.82) is 0 Å². The summed E-state index contributed by atoms with van der Waals surface area (Å²) < 4.78 is 4.59. The lowest BCUT2D eigenvalue weighted by Crippen LogP contribution is -2.38. The van der Waals surface area contributed by atoms with Gasteiger partial charge in [0.25, 0.3) is 0 Å². The van der Waals surface area contributed by atoms with E-state index in [1.54, 1.807) is 0 Å². The minimum atomic E-state index is -0.850. The lowest BCUT2D eigenvalue weighted by atomic mass is 9.93. The first-order chi connectivity index (χ1) is 9.54. The number of nitrogens with zero attached hydrogens (tertiary/aromatic N) is 2. The molecule has 1 aromatic heterocycles. The molecule has 1 aromatic rings. The van der Waals surface area contributed by atoms with Gasteiger partial charge in [-0.2, -0.15) is 0 Å². The van der Waals surface area contributed by atoms with Crippen molar-refractivity contribution in [3.8, 4) is 0 Å². The number of hydrogen-bond donors (Lipinski definition) is 2. The Bertz CT molecular complexity index is 512. The molecule has 0 amide bonds. The second-order valence-electron chi connectivity index (χ2n) is 4.96. The fourth-order valence-electron chi connectivity index (χ4n) is 2.59. The van der Waals surface area contributed by atoms with Gasteiger partial charge in [0.1, 0.15) is 5.82 Å². The Balaban J connectivity index is 2.18. The summed E-state index contributed by atoms with van der Waals surface area (Å²) in [6.07, 6.45) is 6.31. The summed E-state index contributed by atoms with van der Waals surface area (Å²) >= 11 is 0. The minimum Gasteiger partial charge on any atom is -0.481 e. The topological polar surface area (TPSA) is 101 Å². The average molecular weight is 279 g/mol. The molecule has 1 heterocycles. The van der Waals surface area contributed by atoms with Crippen LogP contribution in [0.5, 0.6) is 0 Å². The van der Waals surface area contributed by atoms with Crippen LogP contribution in [0.4, 0.5) is 5.82 Å². The van der Waals surface area contributed by atoms with Crippen molar-refractivity contribution in [3.63, 3.8) is 0 Å². The zero-order valence-electron chi connectivity index (χ0n) is 11.3. The van der Waals surface area contributed by atoms with Gasteiger partial charge in [0.2, 0.25) is 0 Å². The molecule has 0 aliphatic heterocycles. The van der Waals surface area contributed by atoms with Crippen molar-refractivity contribution in [2.24, 2.45) is 0 Å². The molecule has 0 aromatic carbocycles. The molecular weight excluding hydrogens is 262 g/mol. The molecule has 0 spiro atoms. The molecule has 0 saturated heterocycles. The Morgan fingerprint density at radius 1 is 1.40 bits per heavy atom. The van der Waals surface area contributed by atoms with Crippen LogP contribution in [0.2, 0.25) is 0 Å². The maximum absolute atomic E-state index is 11.4. The highest BCUT2D eigenvalue weighted by atomic mass is 16.5. The standard InChI is InChI=1S/C13H17N3O4/c1-20-12(19)9-7-14-8-10(15-9)16-13(6-11(17)18)4-2-3-5-13/h7-8H,2-6H2,1H3,(H,15,16)(H,17,18). The molecule has 7 heteroatoms. The summed E-state index contributed by atoms with van der Waals surface area (Å²) in [6.45, 7) is 0. The summed E-state index contributed by atoms with van der Waals surface area (Å²) in [5.74, 6) is -1.02. The summed E-state index contributed by atoms with van der Waals surface area (Å²) in [4.78, 5) is 30.5. The maximum Gasteiger partial charge on any atom is 0.358 e. The van der Waals surface area contributed by atoms with Crippen molar-refractivity contribution in [3.05, 3.63) is 18.1 Å². The highest BCUT2D eigenvalue weighted by Gasteiger charge is 2.36. The smallest absolute Gasteiger partial charge is 0.358 e. The lowest BCUT2D eigenvalue weighted by Gasteiger charge is -2.29. The van der Waals surface area contributed by atoms with E-state index in [-0.39, 0.29) is 12.1 Å². The third-order valence-corrected chi connectivity index (χ3v) is 3.47. The number of esters is 1. The number of carbonyl (C=O) groups is 2. The number of anilines is 1. The van der Waals surface area contributed by atoms with Crippen molar-refractivity contribution in [2.45, 2.75) is 37.6 Å². The monoisotopic (exact) mass is 279 g/mol. The van der Waals surface area contributed by atoms with E-state index in [1.807, 2.05) is 0 Å². The Labute approximate surface area is 116 Å².